The Morgan fingerprint density at radius 2 is 2.06 bits per heavy atom. The van der Waals surface area contributed by atoms with Crippen molar-refractivity contribution >= 4 is 5.69 Å². The first-order valence-corrected chi connectivity index (χ1v) is 4.96. The summed E-state index contributed by atoms with van der Waals surface area (Å²) >= 11 is 0. The van der Waals surface area contributed by atoms with Gasteiger partial charge >= 0.3 is 0 Å². The summed E-state index contributed by atoms with van der Waals surface area (Å²) < 4.78 is 13.1. The van der Waals surface area contributed by atoms with Gasteiger partial charge in [-0.05, 0) is 25.1 Å². The first-order chi connectivity index (χ1) is 8.08. The molecule has 0 aliphatic rings. The van der Waals surface area contributed by atoms with Crippen LogP contribution in [-0.2, 0) is 0 Å². The van der Waals surface area contributed by atoms with Crippen molar-refractivity contribution in [2.24, 2.45) is 0 Å². The van der Waals surface area contributed by atoms with Gasteiger partial charge < -0.3 is 0 Å². The van der Waals surface area contributed by atoms with E-state index in [4.69, 9.17) is 0 Å². The second kappa shape index (κ2) is 4.29. The number of halogens is 1. The van der Waals surface area contributed by atoms with E-state index in [1.807, 2.05) is 0 Å². The number of hydrogen-bond acceptors (Lipinski definition) is 3. The fourth-order valence-corrected chi connectivity index (χ4v) is 1.54. The standard InChI is InChI=1S/C12H9FN2O2/c1-8-5-6-11(15(16)17)12(14-8)9-3-2-4-10(13)7-9/h2-7H,1H3. The molecule has 0 spiro atoms. The molecule has 1 aromatic carbocycles. The number of pyridine rings is 1. The first-order valence-electron chi connectivity index (χ1n) is 4.96. The molecular formula is C12H9FN2O2. The molecule has 5 heteroatoms. The Balaban J connectivity index is 2.65. The van der Waals surface area contributed by atoms with E-state index in [0.29, 0.717) is 11.3 Å². The van der Waals surface area contributed by atoms with Crippen LogP contribution in [0.15, 0.2) is 36.4 Å². The molecule has 2 aromatic rings. The second-order valence-corrected chi connectivity index (χ2v) is 3.59. The summed E-state index contributed by atoms with van der Waals surface area (Å²) in [4.78, 5) is 14.4. The van der Waals surface area contributed by atoms with Crippen LogP contribution in [-0.4, -0.2) is 9.91 Å². The number of rotatable bonds is 2. The van der Waals surface area contributed by atoms with E-state index in [1.165, 1.54) is 24.3 Å². The summed E-state index contributed by atoms with van der Waals surface area (Å²) in [6, 6.07) is 8.54. The van der Waals surface area contributed by atoms with E-state index in [1.54, 1.807) is 19.1 Å². The zero-order chi connectivity index (χ0) is 12.4. The maximum absolute atomic E-state index is 13.1. The molecule has 1 aromatic heterocycles. The quantitative estimate of drug-likeness (QED) is 0.590. The summed E-state index contributed by atoms with van der Waals surface area (Å²) in [5.74, 6) is -0.444. The molecule has 0 amide bonds. The second-order valence-electron chi connectivity index (χ2n) is 3.59. The third kappa shape index (κ3) is 2.28. The number of hydrogen-bond donors (Lipinski definition) is 0. The van der Waals surface area contributed by atoms with Crippen LogP contribution < -0.4 is 0 Å². The van der Waals surface area contributed by atoms with Crippen LogP contribution in [0.25, 0.3) is 11.3 Å². The first kappa shape index (κ1) is 11.2. The maximum atomic E-state index is 13.1. The molecule has 0 saturated heterocycles. The van der Waals surface area contributed by atoms with Gasteiger partial charge in [0.15, 0.2) is 0 Å². The lowest BCUT2D eigenvalue weighted by atomic mass is 10.1. The van der Waals surface area contributed by atoms with E-state index in [2.05, 4.69) is 4.98 Å². The van der Waals surface area contributed by atoms with E-state index in [9.17, 15) is 14.5 Å². The summed E-state index contributed by atoms with van der Waals surface area (Å²) in [5.41, 5.74) is 1.12. The van der Waals surface area contributed by atoms with Gasteiger partial charge in [0.25, 0.3) is 5.69 Å². The summed E-state index contributed by atoms with van der Waals surface area (Å²) in [6.45, 7) is 1.73. The Morgan fingerprint density at radius 1 is 1.29 bits per heavy atom. The van der Waals surface area contributed by atoms with Gasteiger partial charge in [0, 0.05) is 17.3 Å². The van der Waals surface area contributed by atoms with Gasteiger partial charge in [-0.2, -0.15) is 0 Å². The summed E-state index contributed by atoms with van der Waals surface area (Å²) in [5, 5.41) is 10.9. The molecule has 0 N–H and O–H groups in total. The minimum Gasteiger partial charge on any atom is -0.258 e. The van der Waals surface area contributed by atoms with Gasteiger partial charge in [-0.15, -0.1) is 0 Å². The predicted molar refractivity (Wildman–Crippen MR) is 61.0 cm³/mol. The van der Waals surface area contributed by atoms with E-state index in [0.717, 1.165) is 0 Å². The molecule has 1 heterocycles. The molecule has 86 valence electrons. The molecule has 17 heavy (non-hydrogen) atoms. The monoisotopic (exact) mass is 232 g/mol. The molecule has 0 radical (unpaired) electrons. The lowest BCUT2D eigenvalue weighted by molar-refractivity contribution is -0.384. The molecule has 0 atom stereocenters. The topological polar surface area (TPSA) is 56.0 Å². The van der Waals surface area contributed by atoms with Gasteiger partial charge in [0.05, 0.1) is 4.92 Å². The van der Waals surface area contributed by atoms with Crippen molar-refractivity contribution in [3.8, 4) is 11.3 Å². The van der Waals surface area contributed by atoms with E-state index in [-0.39, 0.29) is 11.4 Å². The molecule has 0 saturated carbocycles. The Kier molecular flexibility index (Phi) is 2.82. The third-order valence-electron chi connectivity index (χ3n) is 2.31. The van der Waals surface area contributed by atoms with Gasteiger partial charge in [-0.25, -0.2) is 9.37 Å². The molecule has 0 aliphatic heterocycles. The van der Waals surface area contributed by atoms with Crippen LogP contribution in [0, 0.1) is 22.9 Å². The Bertz CT molecular complexity index is 584. The van der Waals surface area contributed by atoms with Crippen molar-refractivity contribution in [3.05, 3.63) is 58.0 Å². The molecule has 0 aliphatic carbocycles. The van der Waals surface area contributed by atoms with Crippen LogP contribution in [0.1, 0.15) is 5.69 Å². The number of benzene rings is 1. The SMILES string of the molecule is Cc1ccc([N+](=O)[O-])c(-c2cccc(F)c2)n1. The summed E-state index contributed by atoms with van der Waals surface area (Å²) in [7, 11) is 0. The van der Waals surface area contributed by atoms with Crippen molar-refractivity contribution in [2.75, 3.05) is 0 Å². The molecule has 4 nitrogen and oxygen atoms in total. The van der Waals surface area contributed by atoms with Gasteiger partial charge in [0.2, 0.25) is 0 Å². The highest BCUT2D eigenvalue weighted by Gasteiger charge is 2.17. The number of nitro groups is 1. The smallest absolute Gasteiger partial charge is 0.258 e. The predicted octanol–water partition coefficient (Wildman–Crippen LogP) is 3.10. The minimum absolute atomic E-state index is 0.124. The molecule has 2 rings (SSSR count). The lowest BCUT2D eigenvalue weighted by Gasteiger charge is -2.03. The summed E-state index contributed by atoms with van der Waals surface area (Å²) in [6.07, 6.45) is 0. The van der Waals surface area contributed by atoms with Gasteiger partial charge in [-0.1, -0.05) is 12.1 Å². The fourth-order valence-electron chi connectivity index (χ4n) is 1.54. The van der Waals surface area contributed by atoms with Crippen LogP contribution in [0.4, 0.5) is 10.1 Å². The third-order valence-corrected chi connectivity index (χ3v) is 2.31. The average Bonchev–Trinajstić information content (AvgIpc) is 2.28. The zero-order valence-electron chi connectivity index (χ0n) is 9.05. The van der Waals surface area contributed by atoms with Gasteiger partial charge in [-0.3, -0.25) is 10.1 Å². The molecule has 0 fully saturated rings. The largest absolute Gasteiger partial charge is 0.295 e. The fraction of sp³-hybridized carbons (Fsp3) is 0.0833. The van der Waals surface area contributed by atoms with E-state index < -0.39 is 10.7 Å². The highest BCUT2D eigenvalue weighted by molar-refractivity contribution is 5.69. The Hall–Kier alpha value is -2.30. The number of aryl methyl sites for hydroxylation is 1. The minimum atomic E-state index is -0.521. The molecule has 0 bridgehead atoms. The Labute approximate surface area is 96.9 Å². The van der Waals surface area contributed by atoms with Crippen molar-refractivity contribution in [1.82, 2.24) is 4.98 Å². The van der Waals surface area contributed by atoms with Crippen LogP contribution >= 0.6 is 0 Å². The van der Waals surface area contributed by atoms with Crippen molar-refractivity contribution in [3.63, 3.8) is 0 Å². The zero-order valence-corrected chi connectivity index (χ0v) is 9.05. The maximum Gasteiger partial charge on any atom is 0.295 e. The van der Waals surface area contributed by atoms with Crippen molar-refractivity contribution in [2.45, 2.75) is 6.92 Å². The highest BCUT2D eigenvalue weighted by atomic mass is 19.1. The Morgan fingerprint density at radius 3 is 2.71 bits per heavy atom. The number of aromatic nitrogens is 1. The van der Waals surface area contributed by atoms with Gasteiger partial charge in [0.1, 0.15) is 11.5 Å². The average molecular weight is 232 g/mol. The van der Waals surface area contributed by atoms with Crippen molar-refractivity contribution < 1.29 is 9.31 Å². The lowest BCUT2D eigenvalue weighted by Crippen LogP contribution is -1.96. The molecule has 0 unspecified atom stereocenters. The van der Waals surface area contributed by atoms with Crippen LogP contribution in [0.5, 0.6) is 0 Å². The van der Waals surface area contributed by atoms with Crippen molar-refractivity contribution in [1.29, 1.82) is 0 Å². The van der Waals surface area contributed by atoms with E-state index >= 15 is 0 Å². The number of nitrogens with zero attached hydrogens (tertiary/aromatic N) is 2. The van der Waals surface area contributed by atoms with Crippen LogP contribution in [0.3, 0.4) is 0 Å². The van der Waals surface area contributed by atoms with Crippen LogP contribution in [0.2, 0.25) is 0 Å². The highest BCUT2D eigenvalue weighted by Crippen LogP contribution is 2.28. The normalized spacial score (nSPS) is 10.2. The molecular weight excluding hydrogens is 223 g/mol.